The molecule has 0 spiro atoms. The molecule has 0 saturated heterocycles. The summed E-state index contributed by atoms with van der Waals surface area (Å²) in [5, 5.41) is 10.9. The first-order valence-corrected chi connectivity index (χ1v) is 5.20. The summed E-state index contributed by atoms with van der Waals surface area (Å²) in [5.41, 5.74) is 0.768. The number of rotatable bonds is 2. The lowest BCUT2D eigenvalue weighted by molar-refractivity contribution is -0.385. The number of amides is 1. The predicted octanol–water partition coefficient (Wildman–Crippen LogP) is 1.26. The second kappa shape index (κ2) is 4.37. The highest BCUT2D eigenvalue weighted by molar-refractivity contribution is 5.98. The fourth-order valence-corrected chi connectivity index (χ4v) is 1.80. The molecule has 6 heteroatoms. The maximum atomic E-state index is 11.6. The van der Waals surface area contributed by atoms with E-state index in [4.69, 9.17) is 11.2 Å². The molecule has 1 aliphatic heterocycles. The van der Waals surface area contributed by atoms with Gasteiger partial charge in [0.15, 0.2) is 6.61 Å². The zero-order valence-corrected chi connectivity index (χ0v) is 9.67. The minimum atomic E-state index is -0.497. The van der Waals surface area contributed by atoms with Gasteiger partial charge in [-0.25, -0.2) is 0 Å². The minimum Gasteiger partial charge on any atom is -0.482 e. The molecule has 0 aromatic heterocycles. The Labute approximate surface area is 103 Å². The van der Waals surface area contributed by atoms with Crippen molar-refractivity contribution in [2.24, 2.45) is 0 Å². The predicted molar refractivity (Wildman–Crippen MR) is 64.5 cm³/mol. The SMILES string of the molecule is C#CCN1C(=O)COc2cc(C)c([N+](=O)[O-])cc21. The average Bonchev–Trinajstić information content (AvgIpc) is 2.32. The Balaban J connectivity index is 2.57. The highest BCUT2D eigenvalue weighted by atomic mass is 16.6. The van der Waals surface area contributed by atoms with E-state index >= 15 is 0 Å². The number of fused-ring (bicyclic) bond motifs is 1. The largest absolute Gasteiger partial charge is 0.482 e. The summed E-state index contributed by atoms with van der Waals surface area (Å²) >= 11 is 0. The summed E-state index contributed by atoms with van der Waals surface area (Å²) in [4.78, 5) is 23.3. The van der Waals surface area contributed by atoms with Crippen LogP contribution in [0.15, 0.2) is 12.1 Å². The van der Waals surface area contributed by atoms with Crippen molar-refractivity contribution in [3.63, 3.8) is 0 Å². The number of benzene rings is 1. The molecule has 2 rings (SSSR count). The second-order valence-corrected chi connectivity index (χ2v) is 3.84. The van der Waals surface area contributed by atoms with Crippen LogP contribution in [0.4, 0.5) is 11.4 Å². The zero-order chi connectivity index (χ0) is 13.3. The number of nitro benzene ring substituents is 1. The third-order valence-electron chi connectivity index (χ3n) is 2.67. The van der Waals surface area contributed by atoms with Crippen molar-refractivity contribution in [3.8, 4) is 18.1 Å². The average molecular weight is 246 g/mol. The van der Waals surface area contributed by atoms with E-state index in [0.29, 0.717) is 17.0 Å². The van der Waals surface area contributed by atoms with Crippen LogP contribution in [0.1, 0.15) is 5.56 Å². The van der Waals surface area contributed by atoms with E-state index in [0.717, 1.165) is 0 Å². The molecule has 1 aromatic carbocycles. The van der Waals surface area contributed by atoms with Gasteiger partial charge < -0.3 is 4.74 Å². The van der Waals surface area contributed by atoms with E-state index in [1.807, 2.05) is 0 Å². The lowest BCUT2D eigenvalue weighted by Crippen LogP contribution is -2.39. The highest BCUT2D eigenvalue weighted by Gasteiger charge is 2.28. The fourth-order valence-electron chi connectivity index (χ4n) is 1.80. The molecule has 0 radical (unpaired) electrons. The first-order chi connectivity index (χ1) is 8.54. The topological polar surface area (TPSA) is 72.7 Å². The first kappa shape index (κ1) is 11.9. The van der Waals surface area contributed by atoms with Crippen molar-refractivity contribution < 1.29 is 14.5 Å². The van der Waals surface area contributed by atoms with Crippen LogP contribution in [-0.2, 0) is 4.79 Å². The van der Waals surface area contributed by atoms with Crippen molar-refractivity contribution in [2.45, 2.75) is 6.92 Å². The molecule has 0 bridgehead atoms. The number of carbonyl (C=O) groups excluding carboxylic acids is 1. The lowest BCUT2D eigenvalue weighted by atomic mass is 10.1. The van der Waals surface area contributed by atoms with Gasteiger partial charge in [0, 0.05) is 11.6 Å². The lowest BCUT2D eigenvalue weighted by Gasteiger charge is -2.27. The first-order valence-electron chi connectivity index (χ1n) is 5.20. The molecule has 0 fully saturated rings. The quantitative estimate of drug-likeness (QED) is 0.447. The molecule has 6 nitrogen and oxygen atoms in total. The fraction of sp³-hybridized carbons (Fsp3) is 0.250. The van der Waals surface area contributed by atoms with Crippen molar-refractivity contribution >= 4 is 17.3 Å². The van der Waals surface area contributed by atoms with E-state index in [2.05, 4.69) is 5.92 Å². The Morgan fingerprint density at radius 2 is 2.33 bits per heavy atom. The second-order valence-electron chi connectivity index (χ2n) is 3.84. The van der Waals surface area contributed by atoms with E-state index < -0.39 is 4.92 Å². The van der Waals surface area contributed by atoms with Gasteiger partial charge in [-0.05, 0) is 13.0 Å². The number of aryl methyl sites for hydroxylation is 1. The van der Waals surface area contributed by atoms with Crippen LogP contribution in [0.2, 0.25) is 0 Å². The number of terminal acetylenes is 1. The normalized spacial score (nSPS) is 13.6. The Hall–Kier alpha value is -2.55. The molecule has 0 atom stereocenters. The summed E-state index contributed by atoms with van der Waals surface area (Å²) in [6.45, 7) is 1.57. The van der Waals surface area contributed by atoms with Gasteiger partial charge in [0.25, 0.3) is 11.6 Å². The molecule has 0 aliphatic carbocycles. The van der Waals surface area contributed by atoms with Gasteiger partial charge in [0.2, 0.25) is 0 Å². The highest BCUT2D eigenvalue weighted by Crippen LogP contribution is 2.37. The molecule has 0 N–H and O–H groups in total. The monoisotopic (exact) mass is 246 g/mol. The van der Waals surface area contributed by atoms with Crippen LogP contribution >= 0.6 is 0 Å². The number of carbonyl (C=O) groups is 1. The van der Waals surface area contributed by atoms with Crippen LogP contribution in [0.5, 0.6) is 5.75 Å². The number of hydrogen-bond acceptors (Lipinski definition) is 4. The molecular formula is C12H10N2O4. The van der Waals surface area contributed by atoms with Crippen LogP contribution in [0.25, 0.3) is 0 Å². The minimum absolute atomic E-state index is 0.0610. The summed E-state index contributed by atoms with van der Waals surface area (Å²) in [6, 6.07) is 2.86. The third-order valence-corrected chi connectivity index (χ3v) is 2.67. The Bertz CT molecular complexity index is 574. The zero-order valence-electron chi connectivity index (χ0n) is 9.67. The molecule has 0 unspecified atom stereocenters. The maximum Gasteiger partial charge on any atom is 0.274 e. The van der Waals surface area contributed by atoms with Crippen LogP contribution < -0.4 is 9.64 Å². The Kier molecular flexibility index (Phi) is 2.90. The maximum absolute atomic E-state index is 11.6. The van der Waals surface area contributed by atoms with Crippen LogP contribution in [-0.4, -0.2) is 24.0 Å². The van der Waals surface area contributed by atoms with Gasteiger partial charge in [0.1, 0.15) is 5.75 Å². The smallest absolute Gasteiger partial charge is 0.274 e. The molecule has 0 saturated carbocycles. The summed E-state index contributed by atoms with van der Waals surface area (Å²) in [6.07, 6.45) is 5.19. The van der Waals surface area contributed by atoms with Crippen molar-refractivity contribution in [2.75, 3.05) is 18.1 Å². The molecule has 1 heterocycles. The summed E-state index contributed by atoms with van der Waals surface area (Å²) in [5.74, 6) is 2.48. The van der Waals surface area contributed by atoms with Gasteiger partial charge in [-0.1, -0.05) is 5.92 Å². The standard InChI is InChI=1S/C12H10N2O4/c1-3-4-13-10-6-9(14(16)17)8(2)5-11(10)18-7-12(13)15/h1,5-6H,4,7H2,2H3. The van der Waals surface area contributed by atoms with E-state index in [9.17, 15) is 14.9 Å². The van der Waals surface area contributed by atoms with Crippen molar-refractivity contribution in [3.05, 3.63) is 27.8 Å². The van der Waals surface area contributed by atoms with Gasteiger partial charge in [-0.3, -0.25) is 19.8 Å². The van der Waals surface area contributed by atoms with E-state index in [-0.39, 0.29) is 24.7 Å². The van der Waals surface area contributed by atoms with Gasteiger partial charge in [-0.15, -0.1) is 6.42 Å². The third kappa shape index (κ3) is 1.86. The van der Waals surface area contributed by atoms with Crippen LogP contribution in [0.3, 0.4) is 0 Å². The molecule has 1 aliphatic rings. The van der Waals surface area contributed by atoms with Crippen LogP contribution in [0, 0.1) is 29.4 Å². The van der Waals surface area contributed by atoms with Crippen molar-refractivity contribution in [1.29, 1.82) is 0 Å². The Morgan fingerprint density at radius 3 is 2.94 bits per heavy atom. The Morgan fingerprint density at radius 1 is 1.61 bits per heavy atom. The van der Waals surface area contributed by atoms with E-state index in [1.54, 1.807) is 13.0 Å². The molecule has 1 aromatic rings. The van der Waals surface area contributed by atoms with E-state index in [1.165, 1.54) is 11.0 Å². The number of nitro groups is 1. The van der Waals surface area contributed by atoms with Gasteiger partial charge in [0.05, 0.1) is 17.2 Å². The number of hydrogen-bond donors (Lipinski definition) is 0. The number of ether oxygens (including phenoxy) is 1. The van der Waals surface area contributed by atoms with Crippen molar-refractivity contribution in [1.82, 2.24) is 0 Å². The number of nitrogens with zero attached hydrogens (tertiary/aromatic N) is 2. The molecule has 92 valence electrons. The van der Waals surface area contributed by atoms with Gasteiger partial charge >= 0.3 is 0 Å². The summed E-state index contributed by atoms with van der Waals surface area (Å²) in [7, 11) is 0. The molecular weight excluding hydrogens is 236 g/mol. The molecule has 18 heavy (non-hydrogen) atoms. The molecule has 1 amide bonds. The number of anilines is 1. The summed E-state index contributed by atoms with van der Waals surface area (Å²) < 4.78 is 5.25. The van der Waals surface area contributed by atoms with Gasteiger partial charge in [-0.2, -0.15) is 0 Å².